The van der Waals surface area contributed by atoms with E-state index in [0.29, 0.717) is 0 Å². The van der Waals surface area contributed by atoms with Gasteiger partial charge in [-0.25, -0.2) is 4.79 Å². The van der Waals surface area contributed by atoms with Crippen LogP contribution >= 0.6 is 0 Å². The molecule has 0 radical (unpaired) electrons. The summed E-state index contributed by atoms with van der Waals surface area (Å²) >= 11 is 0. The molecule has 0 unspecified atom stereocenters. The summed E-state index contributed by atoms with van der Waals surface area (Å²) in [5.74, 6) is 3.77. The first-order valence-corrected chi connectivity index (χ1v) is 5.00. The zero-order valence-corrected chi connectivity index (χ0v) is 9.47. The third-order valence-electron chi connectivity index (χ3n) is 1.94. The SMILES string of the molecule is CCOC(=O)C#Cc1ccc(C(F)(F)F)c(N)c1. The summed E-state index contributed by atoms with van der Waals surface area (Å²) in [4.78, 5) is 10.9. The molecule has 3 nitrogen and oxygen atoms in total. The largest absolute Gasteiger partial charge is 0.456 e. The first-order valence-electron chi connectivity index (χ1n) is 5.00. The van der Waals surface area contributed by atoms with Gasteiger partial charge in [0.2, 0.25) is 0 Å². The molecule has 1 aromatic rings. The predicted molar refractivity (Wildman–Crippen MR) is 59.4 cm³/mol. The summed E-state index contributed by atoms with van der Waals surface area (Å²) in [7, 11) is 0. The van der Waals surface area contributed by atoms with Crippen LogP contribution in [0, 0.1) is 11.8 Å². The van der Waals surface area contributed by atoms with Crippen LogP contribution in [0.5, 0.6) is 0 Å². The van der Waals surface area contributed by atoms with E-state index < -0.39 is 23.4 Å². The monoisotopic (exact) mass is 257 g/mol. The summed E-state index contributed by atoms with van der Waals surface area (Å²) in [5.41, 5.74) is 4.13. The number of benzene rings is 1. The van der Waals surface area contributed by atoms with E-state index in [1.807, 2.05) is 0 Å². The molecule has 0 aliphatic heterocycles. The molecule has 1 rings (SSSR count). The van der Waals surface area contributed by atoms with Crippen molar-refractivity contribution in [2.75, 3.05) is 12.3 Å². The first-order chi connectivity index (χ1) is 8.34. The Morgan fingerprint density at radius 1 is 1.44 bits per heavy atom. The second kappa shape index (κ2) is 5.45. The number of rotatable bonds is 1. The molecule has 2 N–H and O–H groups in total. The van der Waals surface area contributed by atoms with Crippen molar-refractivity contribution in [3.05, 3.63) is 29.3 Å². The van der Waals surface area contributed by atoms with Gasteiger partial charge in [-0.2, -0.15) is 13.2 Å². The van der Waals surface area contributed by atoms with Gasteiger partial charge in [-0.15, -0.1) is 0 Å². The Bertz CT molecular complexity index is 512. The lowest BCUT2D eigenvalue weighted by atomic mass is 10.1. The van der Waals surface area contributed by atoms with Crippen molar-refractivity contribution in [2.45, 2.75) is 13.1 Å². The van der Waals surface area contributed by atoms with Crippen molar-refractivity contribution in [3.8, 4) is 11.8 Å². The van der Waals surface area contributed by atoms with Crippen molar-refractivity contribution < 1.29 is 22.7 Å². The molecule has 0 spiro atoms. The predicted octanol–water partition coefficient (Wildman–Crippen LogP) is 2.20. The van der Waals surface area contributed by atoms with Gasteiger partial charge in [-0.1, -0.05) is 5.92 Å². The lowest BCUT2D eigenvalue weighted by molar-refractivity contribution is -0.137. The van der Waals surface area contributed by atoms with Gasteiger partial charge in [-0.3, -0.25) is 0 Å². The van der Waals surface area contributed by atoms with Gasteiger partial charge < -0.3 is 10.5 Å². The lowest BCUT2D eigenvalue weighted by Crippen LogP contribution is -2.08. The van der Waals surface area contributed by atoms with E-state index in [0.717, 1.165) is 18.2 Å². The van der Waals surface area contributed by atoms with E-state index >= 15 is 0 Å². The molecule has 0 heterocycles. The molecule has 0 saturated carbocycles. The number of alkyl halides is 3. The topological polar surface area (TPSA) is 52.3 Å². The molecule has 96 valence electrons. The highest BCUT2D eigenvalue weighted by Gasteiger charge is 2.32. The molecule has 0 amide bonds. The minimum Gasteiger partial charge on any atom is -0.456 e. The first kappa shape index (κ1) is 13.9. The Morgan fingerprint density at radius 3 is 2.61 bits per heavy atom. The maximum atomic E-state index is 12.4. The van der Waals surface area contributed by atoms with E-state index in [1.165, 1.54) is 0 Å². The summed E-state index contributed by atoms with van der Waals surface area (Å²) in [6, 6.07) is 3.03. The fourth-order valence-corrected chi connectivity index (χ4v) is 1.19. The highest BCUT2D eigenvalue weighted by atomic mass is 19.4. The second-order valence-electron chi connectivity index (χ2n) is 3.27. The third kappa shape index (κ3) is 3.70. The van der Waals surface area contributed by atoms with E-state index in [1.54, 1.807) is 6.92 Å². The van der Waals surface area contributed by atoms with Gasteiger partial charge in [0.25, 0.3) is 0 Å². The Labute approximate surface area is 102 Å². The van der Waals surface area contributed by atoms with Crippen LogP contribution in [0.3, 0.4) is 0 Å². The Morgan fingerprint density at radius 2 is 2.11 bits per heavy atom. The highest BCUT2D eigenvalue weighted by Crippen LogP contribution is 2.33. The number of carbonyl (C=O) groups is 1. The number of hydrogen-bond donors (Lipinski definition) is 1. The number of carbonyl (C=O) groups excluding carboxylic acids is 1. The van der Waals surface area contributed by atoms with Gasteiger partial charge in [-0.05, 0) is 25.1 Å². The van der Waals surface area contributed by atoms with Gasteiger partial charge in [0.15, 0.2) is 0 Å². The van der Waals surface area contributed by atoms with Gasteiger partial charge in [0.1, 0.15) is 0 Å². The van der Waals surface area contributed by atoms with Crippen LogP contribution in [0.25, 0.3) is 0 Å². The number of nitrogen functional groups attached to an aromatic ring is 1. The molecular formula is C12H10F3NO2. The normalized spacial score (nSPS) is 10.4. The summed E-state index contributed by atoms with van der Waals surface area (Å²) in [6.45, 7) is 1.80. The molecule has 0 aromatic heterocycles. The molecular weight excluding hydrogens is 247 g/mol. The van der Waals surface area contributed by atoms with Crippen LogP contribution in [-0.4, -0.2) is 12.6 Å². The minimum atomic E-state index is -4.50. The number of ether oxygens (including phenoxy) is 1. The standard InChI is InChI=1S/C12H10F3NO2/c1-2-18-11(17)6-4-8-3-5-9(10(16)7-8)12(13,14)15/h3,5,7H,2,16H2,1H3. The zero-order valence-electron chi connectivity index (χ0n) is 9.47. The van der Waals surface area contributed by atoms with E-state index in [-0.39, 0.29) is 12.2 Å². The van der Waals surface area contributed by atoms with E-state index in [2.05, 4.69) is 16.6 Å². The smallest absolute Gasteiger partial charge is 0.418 e. The summed E-state index contributed by atoms with van der Waals surface area (Å²) in [6.07, 6.45) is -4.50. The van der Waals surface area contributed by atoms with Crippen molar-refractivity contribution in [1.82, 2.24) is 0 Å². The minimum absolute atomic E-state index is 0.183. The summed E-state index contributed by atoms with van der Waals surface area (Å²) in [5, 5.41) is 0. The van der Waals surface area contributed by atoms with Crippen molar-refractivity contribution >= 4 is 11.7 Å². The third-order valence-corrected chi connectivity index (χ3v) is 1.94. The van der Waals surface area contributed by atoms with E-state index in [9.17, 15) is 18.0 Å². The molecule has 1 aromatic carbocycles. The molecule has 0 atom stereocenters. The number of hydrogen-bond acceptors (Lipinski definition) is 3. The van der Waals surface area contributed by atoms with Crippen LogP contribution in [-0.2, 0) is 15.7 Å². The quantitative estimate of drug-likeness (QED) is 0.476. The molecule has 6 heteroatoms. The molecule has 0 aliphatic carbocycles. The van der Waals surface area contributed by atoms with Crippen LogP contribution in [0.15, 0.2) is 18.2 Å². The number of esters is 1. The van der Waals surface area contributed by atoms with Crippen LogP contribution in [0.2, 0.25) is 0 Å². The fraction of sp³-hybridized carbons (Fsp3) is 0.250. The number of anilines is 1. The molecule has 18 heavy (non-hydrogen) atoms. The van der Waals surface area contributed by atoms with Gasteiger partial charge in [0, 0.05) is 17.2 Å². The average molecular weight is 257 g/mol. The summed E-state index contributed by atoms with van der Waals surface area (Å²) < 4.78 is 41.8. The Hall–Kier alpha value is -2.16. The molecule has 0 bridgehead atoms. The Kier molecular flexibility index (Phi) is 4.21. The highest BCUT2D eigenvalue weighted by molar-refractivity contribution is 5.89. The zero-order chi connectivity index (χ0) is 13.8. The van der Waals surface area contributed by atoms with E-state index in [4.69, 9.17) is 5.73 Å². The van der Waals surface area contributed by atoms with Crippen LogP contribution < -0.4 is 5.73 Å². The maximum Gasteiger partial charge on any atom is 0.418 e. The van der Waals surface area contributed by atoms with Crippen LogP contribution in [0.4, 0.5) is 18.9 Å². The van der Waals surface area contributed by atoms with Crippen LogP contribution in [0.1, 0.15) is 18.1 Å². The molecule has 0 fully saturated rings. The molecule has 0 aliphatic rings. The fourth-order valence-electron chi connectivity index (χ4n) is 1.19. The van der Waals surface area contributed by atoms with Gasteiger partial charge in [0.05, 0.1) is 12.2 Å². The van der Waals surface area contributed by atoms with Crippen molar-refractivity contribution in [2.24, 2.45) is 0 Å². The number of halogens is 3. The van der Waals surface area contributed by atoms with Gasteiger partial charge >= 0.3 is 12.1 Å². The molecule has 0 saturated heterocycles. The number of nitrogens with two attached hydrogens (primary N) is 1. The Balaban J connectivity index is 2.95. The maximum absolute atomic E-state index is 12.4. The average Bonchev–Trinajstić information content (AvgIpc) is 2.25. The second-order valence-corrected chi connectivity index (χ2v) is 3.27. The van der Waals surface area contributed by atoms with Crippen molar-refractivity contribution in [1.29, 1.82) is 0 Å². The lowest BCUT2D eigenvalue weighted by Gasteiger charge is -2.09. The van der Waals surface area contributed by atoms with Crippen molar-refractivity contribution in [3.63, 3.8) is 0 Å².